The van der Waals surface area contributed by atoms with Crippen molar-refractivity contribution in [2.45, 2.75) is 77.6 Å². The Kier molecular flexibility index (Phi) is 8.62. The Morgan fingerprint density at radius 1 is 0.756 bits per heavy atom. The van der Waals surface area contributed by atoms with Crippen molar-refractivity contribution in [3.63, 3.8) is 0 Å². The first kappa shape index (κ1) is 28.3. The van der Waals surface area contributed by atoms with Gasteiger partial charge in [0.2, 0.25) is 0 Å². The molecule has 0 unspecified atom stereocenters. The molecule has 0 saturated heterocycles. The fourth-order valence-corrected chi connectivity index (χ4v) is 5.88. The summed E-state index contributed by atoms with van der Waals surface area (Å²) in [6.45, 7) is 2.25. The summed E-state index contributed by atoms with van der Waals surface area (Å²) >= 11 is 0. The molecule has 0 spiro atoms. The third-order valence-electron chi connectivity index (χ3n) is 8.12. The van der Waals surface area contributed by atoms with Gasteiger partial charge in [-0.2, -0.15) is 0 Å². The Bertz CT molecular complexity index is 1650. The van der Waals surface area contributed by atoms with Crippen LogP contribution in [0.15, 0.2) is 48.5 Å². The largest absolute Gasteiger partial charge is 0.395 e. The number of Topliss-reactive ketones (excluding diaryl/α,β-unsaturated/α-hetero) is 2. The maximum absolute atomic E-state index is 13.2. The van der Waals surface area contributed by atoms with Crippen LogP contribution >= 0.6 is 0 Å². The van der Waals surface area contributed by atoms with E-state index in [1.54, 1.807) is 24.3 Å². The Labute approximate surface area is 239 Å². The fourth-order valence-electron chi connectivity index (χ4n) is 5.88. The fraction of sp³-hybridized carbons (Fsp3) is 0.353. The molecule has 3 aromatic rings. The summed E-state index contributed by atoms with van der Waals surface area (Å²) in [4.78, 5) is 51.7. The zero-order valence-corrected chi connectivity index (χ0v) is 23.6. The molecule has 3 aromatic carbocycles. The van der Waals surface area contributed by atoms with Gasteiger partial charge in [0.05, 0.1) is 17.0 Å². The summed E-state index contributed by atoms with van der Waals surface area (Å²) in [6.07, 6.45) is 13.9. The highest BCUT2D eigenvalue weighted by atomic mass is 16.2. The first-order chi connectivity index (χ1) is 19.9. The van der Waals surface area contributed by atoms with Gasteiger partial charge in [0.25, 0.3) is 23.4 Å². The molecule has 0 fully saturated rings. The van der Waals surface area contributed by atoms with Gasteiger partial charge in [0.15, 0.2) is 0 Å². The lowest BCUT2D eigenvalue weighted by molar-refractivity contribution is -0.130. The lowest BCUT2D eigenvalue weighted by atomic mass is 9.88. The van der Waals surface area contributed by atoms with Crippen molar-refractivity contribution in [3.8, 4) is 0 Å². The average molecular weight is 552 g/mol. The molecule has 1 heterocycles. The molecule has 7 nitrogen and oxygen atoms in total. The van der Waals surface area contributed by atoms with Gasteiger partial charge in [-0.15, -0.1) is 0 Å². The van der Waals surface area contributed by atoms with Crippen LogP contribution in [0.4, 0.5) is 5.69 Å². The lowest BCUT2D eigenvalue weighted by Gasteiger charge is -2.21. The summed E-state index contributed by atoms with van der Waals surface area (Å²) in [5, 5.41) is 7.05. The molecule has 2 amide bonds. The third-order valence-corrected chi connectivity index (χ3v) is 8.12. The zero-order valence-electron chi connectivity index (χ0n) is 23.6. The lowest BCUT2D eigenvalue weighted by Crippen LogP contribution is -2.50. The van der Waals surface area contributed by atoms with Crippen LogP contribution in [-0.2, 0) is 16.0 Å². The van der Waals surface area contributed by atoms with Crippen LogP contribution in [0.2, 0.25) is 0 Å². The molecule has 0 aromatic heterocycles. The van der Waals surface area contributed by atoms with Crippen molar-refractivity contribution in [1.29, 1.82) is 0 Å². The molecule has 41 heavy (non-hydrogen) atoms. The molecule has 212 valence electrons. The van der Waals surface area contributed by atoms with Crippen LogP contribution in [0.25, 0.3) is 22.2 Å². The van der Waals surface area contributed by atoms with E-state index in [-0.39, 0.29) is 22.2 Å². The molecule has 1 aliphatic heterocycles. The first-order valence-electron chi connectivity index (χ1n) is 14.8. The quantitative estimate of drug-likeness (QED) is 0.162. The predicted octanol–water partition coefficient (Wildman–Crippen LogP) is 4.63. The van der Waals surface area contributed by atoms with Crippen LogP contribution in [0, 0.1) is 0 Å². The van der Waals surface area contributed by atoms with E-state index in [1.807, 2.05) is 24.3 Å². The number of fused-ring (bicyclic) bond motifs is 2. The number of amides is 2. The summed E-state index contributed by atoms with van der Waals surface area (Å²) in [5.74, 6) is -2.78. The van der Waals surface area contributed by atoms with Gasteiger partial charge in [0.1, 0.15) is 0 Å². The number of carbonyl (C=O) groups excluding carboxylic acids is 4. The molecule has 1 aliphatic carbocycles. The zero-order chi connectivity index (χ0) is 28.9. The number of carbonyl (C=O) groups is 4. The number of unbranched alkanes of at least 4 members (excludes halogenated alkanes) is 9. The molecule has 5 rings (SSSR count). The number of benzene rings is 3. The molecule has 0 radical (unpaired) electrons. The van der Waals surface area contributed by atoms with E-state index in [4.69, 9.17) is 5.73 Å². The van der Waals surface area contributed by atoms with E-state index in [9.17, 15) is 19.2 Å². The SMILES string of the molecule is CCCCCCCCCCCCc1ccc(NC2=c3c4c5c(cccc5cc3=C(N)C(=O)C2=O)C(=O)NC4=O)cc1. The highest BCUT2D eigenvalue weighted by Crippen LogP contribution is 2.25. The van der Waals surface area contributed by atoms with Gasteiger partial charge in [-0.05, 0) is 48.1 Å². The Hall–Kier alpha value is -4.26. The molecule has 4 N–H and O–H groups in total. The Morgan fingerprint density at radius 2 is 1.41 bits per heavy atom. The van der Waals surface area contributed by atoms with Crippen LogP contribution < -0.4 is 26.8 Å². The number of imide groups is 1. The topological polar surface area (TPSA) is 118 Å². The maximum Gasteiger partial charge on any atom is 0.259 e. The normalized spacial score (nSPS) is 14.5. The van der Waals surface area contributed by atoms with Crippen molar-refractivity contribution in [3.05, 3.63) is 75.7 Å². The van der Waals surface area contributed by atoms with Crippen LogP contribution in [0.1, 0.15) is 97.4 Å². The number of nitrogens with one attached hydrogen (secondary N) is 2. The van der Waals surface area contributed by atoms with E-state index in [0.29, 0.717) is 27.2 Å². The standard InChI is InChI=1S/C34H37N3O4/c1-2-3-4-5-6-7-8-9-10-11-13-21-16-18-23(19-17-21)36-30-27-25(29(35)31(38)32(30)39)20-22-14-12-15-24-26(22)28(27)34(41)37-33(24)40/h12,14-20,36H,2-11,13,35H2,1H3,(H,37,40,41). The van der Waals surface area contributed by atoms with Gasteiger partial charge in [-0.1, -0.05) is 89.0 Å². The van der Waals surface area contributed by atoms with Crippen LogP contribution in [0.3, 0.4) is 0 Å². The minimum absolute atomic E-state index is 0.0159. The summed E-state index contributed by atoms with van der Waals surface area (Å²) in [5.41, 5.74) is 8.20. The van der Waals surface area contributed by atoms with Crippen molar-refractivity contribution in [2.24, 2.45) is 5.73 Å². The number of ketones is 2. The van der Waals surface area contributed by atoms with Gasteiger partial charge < -0.3 is 11.1 Å². The number of aryl methyl sites for hydroxylation is 1. The van der Waals surface area contributed by atoms with Gasteiger partial charge in [-0.3, -0.25) is 24.5 Å². The first-order valence-corrected chi connectivity index (χ1v) is 14.8. The summed E-state index contributed by atoms with van der Waals surface area (Å²) in [6, 6.07) is 14.5. The molecular formula is C34H37N3O4. The number of nitrogens with two attached hydrogens (primary N) is 1. The molecule has 2 aliphatic rings. The smallest absolute Gasteiger partial charge is 0.259 e. The predicted molar refractivity (Wildman–Crippen MR) is 162 cm³/mol. The number of hydrogen-bond acceptors (Lipinski definition) is 6. The molecule has 0 bridgehead atoms. The van der Waals surface area contributed by atoms with E-state index >= 15 is 0 Å². The van der Waals surface area contributed by atoms with Gasteiger partial charge in [-0.25, -0.2) is 0 Å². The van der Waals surface area contributed by atoms with Crippen molar-refractivity contribution in [2.75, 3.05) is 5.32 Å². The minimum Gasteiger partial charge on any atom is -0.395 e. The van der Waals surface area contributed by atoms with E-state index in [2.05, 4.69) is 17.6 Å². The Morgan fingerprint density at radius 3 is 2.10 bits per heavy atom. The minimum atomic E-state index is -0.826. The summed E-state index contributed by atoms with van der Waals surface area (Å²) < 4.78 is 0. The van der Waals surface area contributed by atoms with Gasteiger partial charge >= 0.3 is 0 Å². The van der Waals surface area contributed by atoms with Crippen molar-refractivity contribution < 1.29 is 19.2 Å². The second kappa shape index (κ2) is 12.5. The van der Waals surface area contributed by atoms with Crippen molar-refractivity contribution in [1.82, 2.24) is 5.32 Å². The van der Waals surface area contributed by atoms with Crippen molar-refractivity contribution >= 4 is 51.2 Å². The second-order valence-electron chi connectivity index (χ2n) is 11.1. The number of hydrogen-bond donors (Lipinski definition) is 3. The molecule has 0 saturated carbocycles. The van der Waals surface area contributed by atoms with Gasteiger partial charge in [0, 0.05) is 27.1 Å². The number of anilines is 1. The summed E-state index contributed by atoms with van der Waals surface area (Å²) in [7, 11) is 0. The number of rotatable bonds is 13. The molecule has 7 heteroatoms. The average Bonchev–Trinajstić information content (AvgIpc) is 2.98. The van der Waals surface area contributed by atoms with Crippen LogP contribution in [0.5, 0.6) is 0 Å². The van der Waals surface area contributed by atoms with E-state index in [0.717, 1.165) is 12.8 Å². The maximum atomic E-state index is 13.2. The van der Waals surface area contributed by atoms with E-state index in [1.165, 1.54) is 63.4 Å². The molecule has 0 atom stereocenters. The third kappa shape index (κ3) is 5.80. The Balaban J connectivity index is 1.35. The highest BCUT2D eigenvalue weighted by molar-refractivity contribution is 6.63. The monoisotopic (exact) mass is 551 g/mol. The highest BCUT2D eigenvalue weighted by Gasteiger charge is 2.33. The molecular weight excluding hydrogens is 514 g/mol. The second-order valence-corrected chi connectivity index (χ2v) is 11.1. The van der Waals surface area contributed by atoms with E-state index < -0.39 is 23.4 Å². The van der Waals surface area contributed by atoms with Crippen LogP contribution in [-0.4, -0.2) is 23.4 Å².